The van der Waals surface area contributed by atoms with Crippen LogP contribution < -0.4 is 9.88 Å². The van der Waals surface area contributed by atoms with Crippen LogP contribution in [0.5, 0.6) is 0 Å². The van der Waals surface area contributed by atoms with E-state index in [9.17, 15) is 4.79 Å². The second-order valence-electron chi connectivity index (χ2n) is 5.58. The summed E-state index contributed by atoms with van der Waals surface area (Å²) in [4.78, 5) is 20.0. The zero-order chi connectivity index (χ0) is 13.6. The maximum Gasteiger partial charge on any atom is 0.306 e. The van der Waals surface area contributed by atoms with Crippen LogP contribution in [0.25, 0.3) is 11.2 Å². The Kier molecular flexibility index (Phi) is 2.77. The molecule has 0 bridgehead atoms. The third-order valence-electron chi connectivity index (χ3n) is 3.41. The van der Waals surface area contributed by atoms with Crippen LogP contribution in [0.4, 0.5) is 0 Å². The fourth-order valence-corrected chi connectivity index (χ4v) is 2.30. The summed E-state index contributed by atoms with van der Waals surface area (Å²) < 4.78 is 2.02. The van der Waals surface area contributed by atoms with Crippen molar-refractivity contribution in [2.75, 3.05) is 0 Å². The molecular formula is C14H19N4O+. The Morgan fingerprint density at radius 1 is 1.53 bits per heavy atom. The van der Waals surface area contributed by atoms with Crippen LogP contribution in [0, 0.1) is 0 Å². The van der Waals surface area contributed by atoms with Gasteiger partial charge in [0.05, 0.1) is 12.7 Å². The number of hydrogen-bond acceptors (Lipinski definition) is 2. The van der Waals surface area contributed by atoms with Crippen LogP contribution in [0.3, 0.4) is 0 Å². The van der Waals surface area contributed by atoms with Crippen molar-refractivity contribution in [3.63, 3.8) is 0 Å². The minimum atomic E-state index is -0.0679. The van der Waals surface area contributed by atoms with Crippen LogP contribution in [-0.2, 0) is 7.05 Å². The van der Waals surface area contributed by atoms with Crippen molar-refractivity contribution in [2.45, 2.75) is 38.6 Å². The van der Waals surface area contributed by atoms with Gasteiger partial charge in [0.1, 0.15) is 18.0 Å². The average Bonchev–Trinajstić information content (AvgIpc) is 3.08. The molecule has 2 aromatic rings. The van der Waals surface area contributed by atoms with Gasteiger partial charge in [-0.05, 0) is 26.7 Å². The Morgan fingerprint density at radius 3 is 2.89 bits per heavy atom. The Morgan fingerprint density at radius 2 is 2.26 bits per heavy atom. The van der Waals surface area contributed by atoms with E-state index in [1.165, 1.54) is 12.8 Å². The lowest BCUT2D eigenvalue weighted by atomic mass is 10.2. The molecule has 2 aromatic heterocycles. The van der Waals surface area contributed by atoms with E-state index in [0.717, 1.165) is 16.9 Å². The van der Waals surface area contributed by atoms with E-state index in [2.05, 4.69) is 21.5 Å². The molecule has 2 N–H and O–H groups in total. The van der Waals surface area contributed by atoms with Crippen molar-refractivity contribution in [3.05, 3.63) is 23.7 Å². The minimum absolute atomic E-state index is 0.0679. The maximum absolute atomic E-state index is 12.2. The van der Waals surface area contributed by atoms with E-state index in [1.54, 1.807) is 6.20 Å². The number of nitrogens with zero attached hydrogens (tertiary/aromatic N) is 2. The molecule has 0 aliphatic heterocycles. The number of H-pyrrole nitrogens is 1. The van der Waals surface area contributed by atoms with Gasteiger partial charge in [0.25, 0.3) is 5.91 Å². The second-order valence-corrected chi connectivity index (χ2v) is 5.58. The van der Waals surface area contributed by atoms with Gasteiger partial charge in [-0.15, -0.1) is 0 Å². The normalized spacial score (nSPS) is 15.2. The van der Waals surface area contributed by atoms with Crippen LogP contribution in [0.15, 0.2) is 12.4 Å². The monoisotopic (exact) mass is 259 g/mol. The summed E-state index contributed by atoms with van der Waals surface area (Å²) in [6.07, 6.45) is 6.21. The molecule has 1 saturated carbocycles. The number of aromatic amines is 1. The molecule has 5 heteroatoms. The largest absolute Gasteiger partial charge is 0.350 e. The van der Waals surface area contributed by atoms with Gasteiger partial charge < -0.3 is 5.32 Å². The molecule has 1 fully saturated rings. The molecule has 0 radical (unpaired) electrons. The first-order chi connectivity index (χ1) is 9.06. The van der Waals surface area contributed by atoms with Gasteiger partial charge in [-0.2, -0.15) is 0 Å². The number of nitrogens with one attached hydrogen (secondary N) is 2. The van der Waals surface area contributed by atoms with Gasteiger partial charge in [-0.25, -0.2) is 14.5 Å². The number of carbonyl (C=O) groups excluding carboxylic acids is 1. The lowest BCUT2D eigenvalue weighted by Gasteiger charge is -2.06. The number of rotatable bonds is 3. The first-order valence-electron chi connectivity index (χ1n) is 6.74. The number of amides is 1. The summed E-state index contributed by atoms with van der Waals surface area (Å²) in [6.45, 7) is 3.91. The molecule has 0 aromatic carbocycles. The topological polar surface area (TPSA) is 61.7 Å². The Hall–Kier alpha value is -1.91. The molecule has 1 aliphatic rings. The number of aryl methyl sites for hydroxylation is 1. The van der Waals surface area contributed by atoms with Crippen molar-refractivity contribution < 1.29 is 9.36 Å². The first-order valence-corrected chi connectivity index (χ1v) is 6.74. The second kappa shape index (κ2) is 4.33. The predicted molar refractivity (Wildman–Crippen MR) is 71.8 cm³/mol. The standard InChI is InChI=1S/C14H18N4O/c1-8(2)16-14(19)10-6-15-13-12(10)17-11(7-18(13)3)9-4-5-9/h6-9H,4-5H2,1-3H3,(H,16,19)/p+1. The minimum Gasteiger partial charge on any atom is -0.350 e. The van der Waals surface area contributed by atoms with Crippen molar-refractivity contribution >= 4 is 17.1 Å². The number of carbonyl (C=O) groups is 1. The molecule has 1 amide bonds. The summed E-state index contributed by atoms with van der Waals surface area (Å²) >= 11 is 0. The predicted octanol–water partition coefficient (Wildman–Crippen LogP) is 1.40. The summed E-state index contributed by atoms with van der Waals surface area (Å²) in [7, 11) is 1.98. The molecule has 0 unspecified atom stereocenters. The lowest BCUT2D eigenvalue weighted by Crippen LogP contribution is -2.32. The highest BCUT2D eigenvalue weighted by molar-refractivity contribution is 6.04. The highest BCUT2D eigenvalue weighted by Crippen LogP contribution is 2.38. The van der Waals surface area contributed by atoms with Crippen molar-refractivity contribution in [2.24, 2.45) is 7.05 Å². The van der Waals surface area contributed by atoms with E-state index in [4.69, 9.17) is 0 Å². The van der Waals surface area contributed by atoms with Crippen LogP contribution in [0.2, 0.25) is 0 Å². The SMILES string of the molecule is CC(C)NC(=O)c1c[nH]c2c1nc(C1CC1)c[n+]2C. The number of fused-ring (bicyclic) bond motifs is 1. The van der Waals surface area contributed by atoms with Gasteiger partial charge >= 0.3 is 5.65 Å². The van der Waals surface area contributed by atoms with Crippen LogP contribution in [0.1, 0.15) is 48.7 Å². The lowest BCUT2D eigenvalue weighted by molar-refractivity contribution is -0.647. The van der Waals surface area contributed by atoms with Gasteiger partial charge in [-0.1, -0.05) is 0 Å². The quantitative estimate of drug-likeness (QED) is 0.819. The zero-order valence-electron chi connectivity index (χ0n) is 11.5. The van der Waals surface area contributed by atoms with E-state index >= 15 is 0 Å². The van der Waals surface area contributed by atoms with Gasteiger partial charge in [-0.3, -0.25) is 4.79 Å². The van der Waals surface area contributed by atoms with Crippen molar-refractivity contribution in [1.82, 2.24) is 15.3 Å². The molecule has 2 heterocycles. The molecule has 100 valence electrons. The molecule has 0 atom stereocenters. The van der Waals surface area contributed by atoms with Crippen molar-refractivity contribution in [3.8, 4) is 0 Å². The molecular weight excluding hydrogens is 240 g/mol. The molecule has 1 aliphatic carbocycles. The third-order valence-corrected chi connectivity index (χ3v) is 3.41. The molecule has 0 saturated heterocycles. The Bertz CT molecular complexity index is 640. The highest BCUT2D eigenvalue weighted by Gasteiger charge is 2.29. The van der Waals surface area contributed by atoms with Gasteiger partial charge in [0.15, 0.2) is 5.52 Å². The summed E-state index contributed by atoms with van der Waals surface area (Å²) in [6, 6.07) is 0.123. The Labute approximate surface area is 112 Å². The fourth-order valence-electron chi connectivity index (χ4n) is 2.30. The average molecular weight is 259 g/mol. The molecule has 0 spiro atoms. The third kappa shape index (κ3) is 2.20. The Balaban J connectivity index is 2.07. The molecule has 19 heavy (non-hydrogen) atoms. The smallest absolute Gasteiger partial charge is 0.306 e. The van der Waals surface area contributed by atoms with Gasteiger partial charge in [0.2, 0.25) is 0 Å². The van der Waals surface area contributed by atoms with Crippen LogP contribution >= 0.6 is 0 Å². The van der Waals surface area contributed by atoms with E-state index in [-0.39, 0.29) is 11.9 Å². The molecule has 5 nitrogen and oxygen atoms in total. The van der Waals surface area contributed by atoms with E-state index in [0.29, 0.717) is 11.5 Å². The number of hydrogen-bond donors (Lipinski definition) is 2. The number of aromatic nitrogens is 3. The van der Waals surface area contributed by atoms with Crippen LogP contribution in [-0.4, -0.2) is 21.9 Å². The van der Waals surface area contributed by atoms with Gasteiger partial charge in [0, 0.05) is 12.0 Å². The summed E-state index contributed by atoms with van der Waals surface area (Å²) in [5.41, 5.74) is 3.37. The van der Waals surface area contributed by atoms with Crippen molar-refractivity contribution in [1.29, 1.82) is 0 Å². The maximum atomic E-state index is 12.2. The van der Waals surface area contributed by atoms with E-state index in [1.807, 2.05) is 25.5 Å². The van der Waals surface area contributed by atoms with E-state index < -0.39 is 0 Å². The zero-order valence-corrected chi connectivity index (χ0v) is 11.5. The summed E-state index contributed by atoms with van der Waals surface area (Å²) in [5.74, 6) is 0.508. The first kappa shape index (κ1) is 12.1. The highest BCUT2D eigenvalue weighted by atomic mass is 16.1. The molecule has 3 rings (SSSR count). The summed E-state index contributed by atoms with van der Waals surface area (Å²) in [5, 5.41) is 2.91. The fraction of sp³-hybridized carbons (Fsp3) is 0.500.